The summed E-state index contributed by atoms with van der Waals surface area (Å²) in [4.78, 5) is 10.1. The summed E-state index contributed by atoms with van der Waals surface area (Å²) in [5.41, 5.74) is 0. The molecule has 0 saturated carbocycles. The summed E-state index contributed by atoms with van der Waals surface area (Å²) in [5.74, 6) is 0. The third-order valence-corrected chi connectivity index (χ3v) is 0.479. The number of hydrogen-bond donors (Lipinski definition) is 4. The second-order valence-corrected chi connectivity index (χ2v) is 1.41. The Balaban J connectivity index is 0. The number of aliphatic hydroxyl groups excluding tert-OH is 2. The topological polar surface area (TPSA) is 81.6 Å². The molecule has 2 amide bonds. The largest absolute Gasteiger partial charge is 0.376 e. The van der Waals surface area contributed by atoms with E-state index in [0.717, 1.165) is 0 Å². The molecular formula is C6H14N2O3. The Labute approximate surface area is 65.7 Å². The van der Waals surface area contributed by atoms with Crippen LogP contribution in [0.1, 0.15) is 6.92 Å². The normalized spacial score (nSPS) is 7.18. The zero-order chi connectivity index (χ0) is 9.11. The molecule has 66 valence electrons. The molecule has 0 aromatic heterocycles. The molecule has 0 fully saturated rings. The van der Waals surface area contributed by atoms with Gasteiger partial charge in [0.1, 0.15) is 13.5 Å². The van der Waals surface area contributed by atoms with E-state index in [1.807, 2.05) is 17.6 Å². The fourth-order valence-electron chi connectivity index (χ4n) is 0.206. The van der Waals surface area contributed by atoms with Crippen LogP contribution in [0.25, 0.3) is 0 Å². The molecule has 5 nitrogen and oxygen atoms in total. The zero-order valence-corrected chi connectivity index (χ0v) is 6.50. The molecule has 11 heavy (non-hydrogen) atoms. The highest BCUT2D eigenvalue weighted by molar-refractivity contribution is 5.73. The monoisotopic (exact) mass is 162 g/mol. The molecule has 0 aliphatic carbocycles. The standard InChI is InChI=1S/C3H8N2O3.C3H6/c6-1-4-3(8)5-2-7;1-3-2/h6-7H,1-2H2,(H2,4,5,8);3H,1H2,2H3. The van der Waals surface area contributed by atoms with Gasteiger partial charge in [-0.1, -0.05) is 6.08 Å². The zero-order valence-electron chi connectivity index (χ0n) is 6.50. The molecule has 0 unspecified atom stereocenters. The van der Waals surface area contributed by atoms with Crippen LogP contribution in [0.2, 0.25) is 0 Å². The number of allylic oxidation sites excluding steroid dienone is 1. The van der Waals surface area contributed by atoms with Gasteiger partial charge in [0.05, 0.1) is 0 Å². The lowest BCUT2D eigenvalue weighted by atomic mass is 10.8. The Morgan fingerprint density at radius 3 is 1.91 bits per heavy atom. The Hall–Kier alpha value is -1.07. The fraction of sp³-hybridized carbons (Fsp3) is 0.500. The first-order valence-corrected chi connectivity index (χ1v) is 3.03. The molecule has 0 aromatic carbocycles. The van der Waals surface area contributed by atoms with Crippen molar-refractivity contribution in [2.75, 3.05) is 13.5 Å². The average Bonchev–Trinajstić information content (AvgIpc) is 1.90. The smallest absolute Gasteiger partial charge is 0.318 e. The van der Waals surface area contributed by atoms with E-state index in [1.54, 1.807) is 6.08 Å². The summed E-state index contributed by atoms with van der Waals surface area (Å²) in [7, 11) is 0. The summed E-state index contributed by atoms with van der Waals surface area (Å²) >= 11 is 0. The van der Waals surface area contributed by atoms with Crippen molar-refractivity contribution in [1.82, 2.24) is 10.6 Å². The molecule has 0 aliphatic heterocycles. The van der Waals surface area contributed by atoms with Crippen LogP contribution in [-0.2, 0) is 0 Å². The number of hydrogen-bond acceptors (Lipinski definition) is 3. The first kappa shape index (κ1) is 12.6. The lowest BCUT2D eigenvalue weighted by molar-refractivity contribution is 0.201. The minimum atomic E-state index is -0.588. The quantitative estimate of drug-likeness (QED) is 0.322. The maximum absolute atomic E-state index is 10.1. The van der Waals surface area contributed by atoms with Gasteiger partial charge in [0, 0.05) is 0 Å². The molecule has 0 saturated heterocycles. The minimum absolute atomic E-state index is 0.425. The second-order valence-electron chi connectivity index (χ2n) is 1.41. The van der Waals surface area contributed by atoms with E-state index in [9.17, 15) is 4.79 Å². The lowest BCUT2D eigenvalue weighted by Gasteiger charge is -1.98. The highest BCUT2D eigenvalue weighted by atomic mass is 16.3. The van der Waals surface area contributed by atoms with Crippen molar-refractivity contribution in [3.8, 4) is 0 Å². The SMILES string of the molecule is C=CC.O=C(NCO)NCO. The van der Waals surface area contributed by atoms with E-state index in [1.165, 1.54) is 0 Å². The third-order valence-electron chi connectivity index (χ3n) is 0.479. The van der Waals surface area contributed by atoms with Gasteiger partial charge in [0.2, 0.25) is 0 Å². The van der Waals surface area contributed by atoms with Crippen LogP contribution in [0, 0.1) is 0 Å². The van der Waals surface area contributed by atoms with Gasteiger partial charge in [-0.15, -0.1) is 6.58 Å². The van der Waals surface area contributed by atoms with Gasteiger partial charge in [-0.25, -0.2) is 4.79 Å². The van der Waals surface area contributed by atoms with Crippen LogP contribution in [0.3, 0.4) is 0 Å². The summed E-state index contributed by atoms with van der Waals surface area (Å²) in [5, 5.41) is 20.0. The van der Waals surface area contributed by atoms with Gasteiger partial charge in [0.15, 0.2) is 0 Å². The van der Waals surface area contributed by atoms with Gasteiger partial charge in [-0.2, -0.15) is 0 Å². The number of nitrogens with one attached hydrogen (secondary N) is 2. The van der Waals surface area contributed by atoms with Crippen molar-refractivity contribution >= 4 is 6.03 Å². The predicted molar refractivity (Wildman–Crippen MR) is 41.7 cm³/mol. The van der Waals surface area contributed by atoms with Crippen LogP contribution in [0.15, 0.2) is 12.7 Å². The Bertz CT molecular complexity index is 98.0. The van der Waals surface area contributed by atoms with E-state index in [-0.39, 0.29) is 0 Å². The molecule has 5 heteroatoms. The van der Waals surface area contributed by atoms with Crippen molar-refractivity contribution in [2.24, 2.45) is 0 Å². The van der Waals surface area contributed by atoms with Gasteiger partial charge in [0.25, 0.3) is 0 Å². The summed E-state index contributed by atoms with van der Waals surface area (Å²) in [6, 6.07) is -0.588. The second kappa shape index (κ2) is 11.7. The highest BCUT2D eigenvalue weighted by Crippen LogP contribution is 1.57. The fourth-order valence-corrected chi connectivity index (χ4v) is 0.206. The first-order chi connectivity index (χ1) is 5.22. The molecule has 0 bridgehead atoms. The Morgan fingerprint density at radius 1 is 1.45 bits per heavy atom. The first-order valence-electron chi connectivity index (χ1n) is 3.03. The van der Waals surface area contributed by atoms with Crippen molar-refractivity contribution < 1.29 is 15.0 Å². The van der Waals surface area contributed by atoms with Crippen LogP contribution in [-0.4, -0.2) is 29.7 Å². The van der Waals surface area contributed by atoms with Gasteiger partial charge < -0.3 is 20.8 Å². The van der Waals surface area contributed by atoms with E-state index in [0.29, 0.717) is 0 Å². The van der Waals surface area contributed by atoms with E-state index < -0.39 is 19.5 Å². The summed E-state index contributed by atoms with van der Waals surface area (Å²) in [6.07, 6.45) is 1.75. The summed E-state index contributed by atoms with van der Waals surface area (Å²) < 4.78 is 0. The van der Waals surface area contributed by atoms with Gasteiger partial charge in [-0.3, -0.25) is 0 Å². The number of urea groups is 1. The van der Waals surface area contributed by atoms with E-state index >= 15 is 0 Å². The highest BCUT2D eigenvalue weighted by Gasteiger charge is 1.91. The molecule has 0 aromatic rings. The lowest BCUT2D eigenvalue weighted by Crippen LogP contribution is -2.36. The molecule has 0 aliphatic rings. The molecule has 0 spiro atoms. The van der Waals surface area contributed by atoms with Crippen LogP contribution in [0.5, 0.6) is 0 Å². The number of amides is 2. The van der Waals surface area contributed by atoms with E-state index in [2.05, 4.69) is 6.58 Å². The number of aliphatic hydroxyl groups is 2. The van der Waals surface area contributed by atoms with Crippen molar-refractivity contribution in [1.29, 1.82) is 0 Å². The van der Waals surface area contributed by atoms with Crippen LogP contribution in [0.4, 0.5) is 4.79 Å². The van der Waals surface area contributed by atoms with Crippen molar-refractivity contribution in [2.45, 2.75) is 6.92 Å². The predicted octanol–water partition coefficient (Wildman–Crippen LogP) is -0.623. The number of carbonyl (C=O) groups is 1. The van der Waals surface area contributed by atoms with E-state index in [4.69, 9.17) is 10.2 Å². The molecule has 0 heterocycles. The average molecular weight is 162 g/mol. The van der Waals surface area contributed by atoms with Gasteiger partial charge in [-0.05, 0) is 6.92 Å². The maximum atomic E-state index is 10.1. The van der Waals surface area contributed by atoms with Crippen molar-refractivity contribution in [3.05, 3.63) is 12.7 Å². The van der Waals surface area contributed by atoms with Gasteiger partial charge >= 0.3 is 6.03 Å². The van der Waals surface area contributed by atoms with Crippen molar-refractivity contribution in [3.63, 3.8) is 0 Å². The molecule has 0 radical (unpaired) electrons. The minimum Gasteiger partial charge on any atom is -0.376 e. The summed E-state index contributed by atoms with van der Waals surface area (Å²) in [6.45, 7) is 4.40. The molecule has 4 N–H and O–H groups in total. The molecule has 0 atom stereocenters. The number of carbonyl (C=O) groups excluding carboxylic acids is 1. The third kappa shape index (κ3) is 17.6. The maximum Gasteiger partial charge on any atom is 0.318 e. The Kier molecular flexibility index (Phi) is 13.4. The Morgan fingerprint density at radius 2 is 1.73 bits per heavy atom. The van der Waals surface area contributed by atoms with Crippen LogP contribution < -0.4 is 10.6 Å². The van der Waals surface area contributed by atoms with Crippen LogP contribution >= 0.6 is 0 Å². The molecular weight excluding hydrogens is 148 g/mol. The number of rotatable bonds is 2. The molecule has 0 rings (SSSR count).